The molecule has 0 fully saturated rings. The molecule has 7 heteroatoms. The number of aromatic nitrogens is 1. The molecule has 0 spiro atoms. The molecular weight excluding hydrogens is 347 g/mol. The van der Waals surface area contributed by atoms with Crippen LogP contribution in [-0.2, 0) is 11.3 Å². The highest BCUT2D eigenvalue weighted by Gasteiger charge is 2.11. The highest BCUT2D eigenvalue weighted by molar-refractivity contribution is 5.78. The topological polar surface area (TPSA) is 83.4 Å². The summed E-state index contributed by atoms with van der Waals surface area (Å²) in [4.78, 5) is 4.31. The molecule has 0 atom stereocenters. The van der Waals surface area contributed by atoms with Crippen molar-refractivity contribution in [1.29, 1.82) is 5.26 Å². The number of nitriles is 1. The first-order valence-electron chi connectivity index (χ1n) is 8.15. The summed E-state index contributed by atoms with van der Waals surface area (Å²) >= 11 is 0. The number of halogens is 1. The maximum absolute atomic E-state index is 13.0. The summed E-state index contributed by atoms with van der Waals surface area (Å²) in [6.07, 6.45) is 1.48. The van der Waals surface area contributed by atoms with Crippen molar-refractivity contribution in [1.82, 2.24) is 4.98 Å². The summed E-state index contributed by atoms with van der Waals surface area (Å²) in [6, 6.07) is 13.5. The molecule has 27 heavy (non-hydrogen) atoms. The lowest BCUT2D eigenvalue weighted by molar-refractivity contribution is 0.184. The van der Waals surface area contributed by atoms with Gasteiger partial charge in [0.25, 0.3) is 0 Å². The van der Waals surface area contributed by atoms with Gasteiger partial charge < -0.3 is 9.15 Å². The quantitative estimate of drug-likeness (QED) is 0.522. The molecule has 0 aliphatic rings. The van der Waals surface area contributed by atoms with Crippen LogP contribution in [0.15, 0.2) is 52.0 Å². The maximum atomic E-state index is 13.0. The number of hydrogen-bond donors (Lipinski definition) is 1. The standard InChI is InChI=1S/C20H17FN4O2/c1-13-9-15(12-26-2)18(10-22)20(24-13)25-23-11-17-7-8-19(27-17)14-3-5-16(21)6-4-14/h3-9,11H,12H2,1-2H3,(H,24,25)/b23-11-. The van der Waals surface area contributed by atoms with Crippen molar-refractivity contribution >= 4 is 12.0 Å². The van der Waals surface area contributed by atoms with Gasteiger partial charge in [0.05, 0.1) is 12.8 Å². The van der Waals surface area contributed by atoms with Gasteiger partial charge in [-0.15, -0.1) is 0 Å². The first-order valence-corrected chi connectivity index (χ1v) is 8.15. The van der Waals surface area contributed by atoms with Gasteiger partial charge in [-0.05, 0) is 49.4 Å². The Balaban J connectivity index is 1.77. The number of hydrogen-bond acceptors (Lipinski definition) is 6. The Hall–Kier alpha value is -3.50. The Kier molecular flexibility index (Phi) is 5.59. The van der Waals surface area contributed by atoms with Crippen LogP contribution in [0.3, 0.4) is 0 Å². The molecule has 2 heterocycles. The van der Waals surface area contributed by atoms with Crippen molar-refractivity contribution in [2.24, 2.45) is 5.10 Å². The fraction of sp³-hybridized carbons (Fsp3) is 0.150. The number of nitrogens with one attached hydrogen (secondary N) is 1. The van der Waals surface area contributed by atoms with E-state index in [1.54, 1.807) is 37.4 Å². The minimum absolute atomic E-state index is 0.303. The van der Waals surface area contributed by atoms with Gasteiger partial charge in [0.2, 0.25) is 0 Å². The average Bonchev–Trinajstić information content (AvgIpc) is 3.11. The predicted octanol–water partition coefficient (Wildman–Crippen LogP) is 4.25. The van der Waals surface area contributed by atoms with Crippen LogP contribution >= 0.6 is 0 Å². The number of furan rings is 1. The van der Waals surface area contributed by atoms with Crippen LogP contribution in [0.2, 0.25) is 0 Å². The first-order chi connectivity index (χ1) is 13.1. The summed E-state index contributed by atoms with van der Waals surface area (Å²) in [5, 5.41) is 13.5. The number of hydrazone groups is 1. The number of methoxy groups -OCH3 is 1. The minimum atomic E-state index is -0.303. The highest BCUT2D eigenvalue weighted by Crippen LogP contribution is 2.22. The van der Waals surface area contributed by atoms with E-state index in [0.717, 1.165) is 16.8 Å². The number of pyridine rings is 1. The zero-order chi connectivity index (χ0) is 19.2. The van der Waals surface area contributed by atoms with Crippen LogP contribution in [0, 0.1) is 24.1 Å². The summed E-state index contributed by atoms with van der Waals surface area (Å²) in [6.45, 7) is 2.14. The summed E-state index contributed by atoms with van der Waals surface area (Å²) in [5.41, 5.74) is 5.41. The molecule has 1 N–H and O–H groups in total. The predicted molar refractivity (Wildman–Crippen MR) is 99.7 cm³/mol. The van der Waals surface area contributed by atoms with Crippen molar-refractivity contribution in [2.45, 2.75) is 13.5 Å². The van der Waals surface area contributed by atoms with E-state index in [4.69, 9.17) is 9.15 Å². The van der Waals surface area contributed by atoms with Crippen molar-refractivity contribution in [3.63, 3.8) is 0 Å². The molecule has 0 bridgehead atoms. The van der Waals surface area contributed by atoms with Crippen molar-refractivity contribution in [3.05, 3.63) is 70.9 Å². The Morgan fingerprint density at radius 3 is 2.78 bits per heavy atom. The zero-order valence-corrected chi connectivity index (χ0v) is 14.9. The van der Waals surface area contributed by atoms with E-state index in [1.807, 2.05) is 6.92 Å². The van der Waals surface area contributed by atoms with Gasteiger partial charge in [0.1, 0.15) is 29.0 Å². The van der Waals surface area contributed by atoms with Crippen LogP contribution in [0.1, 0.15) is 22.6 Å². The molecule has 6 nitrogen and oxygen atoms in total. The van der Waals surface area contributed by atoms with E-state index in [-0.39, 0.29) is 5.82 Å². The van der Waals surface area contributed by atoms with Gasteiger partial charge in [0.15, 0.2) is 5.82 Å². The fourth-order valence-corrected chi connectivity index (χ4v) is 2.56. The first kappa shape index (κ1) is 18.3. The molecule has 1 aromatic carbocycles. The van der Waals surface area contributed by atoms with E-state index in [1.165, 1.54) is 18.3 Å². The van der Waals surface area contributed by atoms with Gasteiger partial charge in [-0.1, -0.05) is 0 Å². The van der Waals surface area contributed by atoms with Crippen molar-refractivity contribution in [3.8, 4) is 17.4 Å². The second kappa shape index (κ2) is 8.25. The molecule has 0 aliphatic heterocycles. The smallest absolute Gasteiger partial charge is 0.164 e. The van der Waals surface area contributed by atoms with Gasteiger partial charge in [-0.2, -0.15) is 10.4 Å². The van der Waals surface area contributed by atoms with E-state index >= 15 is 0 Å². The number of benzene rings is 1. The van der Waals surface area contributed by atoms with E-state index < -0.39 is 0 Å². The number of anilines is 1. The molecule has 0 aliphatic carbocycles. The van der Waals surface area contributed by atoms with E-state index in [2.05, 4.69) is 21.6 Å². The largest absolute Gasteiger partial charge is 0.455 e. The molecular formula is C20H17FN4O2. The summed E-state index contributed by atoms with van der Waals surface area (Å²) in [7, 11) is 1.57. The molecule has 136 valence electrons. The van der Waals surface area contributed by atoms with Crippen LogP contribution < -0.4 is 5.43 Å². The third-order valence-corrected chi connectivity index (χ3v) is 3.76. The van der Waals surface area contributed by atoms with E-state index in [0.29, 0.717) is 29.5 Å². The molecule has 0 unspecified atom stereocenters. The molecule has 3 aromatic rings. The Morgan fingerprint density at radius 2 is 2.07 bits per heavy atom. The molecule has 0 saturated carbocycles. The molecule has 0 amide bonds. The third-order valence-electron chi connectivity index (χ3n) is 3.76. The Bertz CT molecular complexity index is 1000. The fourth-order valence-electron chi connectivity index (χ4n) is 2.56. The van der Waals surface area contributed by atoms with Crippen LogP contribution in [0.4, 0.5) is 10.2 Å². The summed E-state index contributed by atoms with van der Waals surface area (Å²) < 4.78 is 23.8. The third kappa shape index (κ3) is 4.37. The lowest BCUT2D eigenvalue weighted by atomic mass is 10.1. The second-order valence-corrected chi connectivity index (χ2v) is 5.77. The molecule has 3 rings (SSSR count). The summed E-state index contributed by atoms with van der Waals surface area (Å²) in [5.74, 6) is 1.16. The van der Waals surface area contributed by atoms with Crippen molar-refractivity contribution < 1.29 is 13.5 Å². The lowest BCUT2D eigenvalue weighted by Gasteiger charge is -2.08. The number of ether oxygens (including phenoxy) is 1. The maximum Gasteiger partial charge on any atom is 0.164 e. The van der Waals surface area contributed by atoms with Crippen LogP contribution in [0.5, 0.6) is 0 Å². The molecule has 0 saturated heterocycles. The zero-order valence-electron chi connectivity index (χ0n) is 14.9. The van der Waals surface area contributed by atoms with Gasteiger partial charge in [-0.3, -0.25) is 5.43 Å². The lowest BCUT2D eigenvalue weighted by Crippen LogP contribution is -2.03. The van der Waals surface area contributed by atoms with Gasteiger partial charge >= 0.3 is 0 Å². The van der Waals surface area contributed by atoms with Crippen LogP contribution in [0.25, 0.3) is 11.3 Å². The second-order valence-electron chi connectivity index (χ2n) is 5.77. The SMILES string of the molecule is COCc1cc(C)nc(N/N=C\c2ccc(-c3ccc(F)cc3)o2)c1C#N. The molecule has 0 radical (unpaired) electrons. The van der Waals surface area contributed by atoms with Crippen molar-refractivity contribution in [2.75, 3.05) is 12.5 Å². The minimum Gasteiger partial charge on any atom is -0.455 e. The van der Waals surface area contributed by atoms with Gasteiger partial charge in [-0.25, -0.2) is 9.37 Å². The van der Waals surface area contributed by atoms with E-state index in [9.17, 15) is 9.65 Å². The average molecular weight is 364 g/mol. The monoisotopic (exact) mass is 364 g/mol. The molecule has 2 aromatic heterocycles. The number of aryl methyl sites for hydroxylation is 1. The number of rotatable bonds is 6. The number of nitrogens with zero attached hydrogens (tertiary/aromatic N) is 3. The normalized spacial score (nSPS) is 10.9. The highest BCUT2D eigenvalue weighted by atomic mass is 19.1. The Morgan fingerprint density at radius 1 is 1.30 bits per heavy atom. The van der Waals surface area contributed by atoms with Gasteiger partial charge in [0, 0.05) is 23.9 Å². The Labute approximate surface area is 155 Å². The van der Waals surface area contributed by atoms with Crippen LogP contribution in [-0.4, -0.2) is 18.3 Å².